The van der Waals surface area contributed by atoms with Crippen LogP contribution in [0.1, 0.15) is 12.5 Å². The van der Waals surface area contributed by atoms with Gasteiger partial charge in [0.15, 0.2) is 11.5 Å². The number of methoxy groups -OCH3 is 3. The molecule has 1 saturated heterocycles. The first-order chi connectivity index (χ1) is 21.8. The van der Waals surface area contributed by atoms with E-state index in [9.17, 15) is 9.59 Å². The number of likely N-dealkylation sites (N-methyl/N-ethyl adjacent to an activating group) is 1. The molecule has 0 radical (unpaired) electrons. The molecule has 4 aromatic rings. The van der Waals surface area contributed by atoms with E-state index in [1.165, 1.54) is 33.6 Å². The molecule has 1 aliphatic rings. The van der Waals surface area contributed by atoms with Gasteiger partial charge in [0.2, 0.25) is 11.2 Å². The lowest BCUT2D eigenvalue weighted by Crippen LogP contribution is -2.44. The van der Waals surface area contributed by atoms with E-state index < -0.39 is 17.2 Å². The fraction of sp³-hybridized carbons (Fsp3) is 0.367. The molecule has 2 aromatic heterocycles. The van der Waals surface area contributed by atoms with Crippen molar-refractivity contribution in [2.75, 3.05) is 65.2 Å². The molecule has 15 heteroatoms. The maximum Gasteiger partial charge on any atom is 0.277 e. The predicted molar refractivity (Wildman–Crippen MR) is 169 cm³/mol. The lowest BCUT2D eigenvalue weighted by Gasteiger charge is -2.34. The van der Waals surface area contributed by atoms with Gasteiger partial charge in [-0.2, -0.15) is 5.10 Å². The van der Waals surface area contributed by atoms with E-state index in [0.717, 1.165) is 24.9 Å². The van der Waals surface area contributed by atoms with Crippen molar-refractivity contribution in [3.05, 3.63) is 52.1 Å². The Kier molecular flexibility index (Phi) is 9.88. The number of fused-ring (bicyclic) bond motifs is 1. The molecule has 1 fully saturated rings. The largest absolute Gasteiger partial charge is 0.493 e. The monoisotopic (exact) mass is 639 g/mol. The van der Waals surface area contributed by atoms with Crippen LogP contribution in [-0.2, 0) is 11.3 Å². The number of aryl methyl sites for hydroxylation is 1. The van der Waals surface area contributed by atoms with Crippen molar-refractivity contribution >= 4 is 40.5 Å². The number of amides is 1. The second-order valence-electron chi connectivity index (χ2n) is 10.2. The van der Waals surface area contributed by atoms with E-state index in [4.69, 9.17) is 18.6 Å². The van der Waals surface area contributed by atoms with Crippen LogP contribution in [0.5, 0.6) is 17.2 Å². The SMILES string of the molecule is CCn1cc(-c2nnc(SCC(=O)N/N=C/c3cc(OC)c(OC)c(OC)c3)o2)c(=O)c2cc(F)c(N3CCN(C)CC3)cc21. The van der Waals surface area contributed by atoms with Crippen LogP contribution in [0, 0.1) is 5.82 Å². The number of halogens is 1. The number of anilines is 1. The molecule has 5 rings (SSSR count). The van der Waals surface area contributed by atoms with E-state index in [1.807, 2.05) is 23.4 Å². The minimum absolute atomic E-state index is 0.0176. The third kappa shape index (κ3) is 6.88. The highest BCUT2D eigenvalue weighted by atomic mass is 32.2. The van der Waals surface area contributed by atoms with Gasteiger partial charge >= 0.3 is 0 Å². The molecule has 0 atom stereocenters. The molecule has 1 amide bonds. The summed E-state index contributed by atoms with van der Waals surface area (Å²) in [5.74, 6) is 0.368. The van der Waals surface area contributed by atoms with Gasteiger partial charge in [0, 0.05) is 49.9 Å². The molecular formula is C30H34FN7O6S. The number of carbonyl (C=O) groups excluding carboxylic acids is 1. The van der Waals surface area contributed by atoms with Crippen molar-refractivity contribution in [1.82, 2.24) is 25.1 Å². The summed E-state index contributed by atoms with van der Waals surface area (Å²) in [4.78, 5) is 30.1. The van der Waals surface area contributed by atoms with E-state index in [1.54, 1.807) is 24.4 Å². The Morgan fingerprint density at radius 2 is 1.80 bits per heavy atom. The molecule has 238 valence electrons. The Balaban J connectivity index is 1.27. The zero-order valence-electron chi connectivity index (χ0n) is 25.6. The van der Waals surface area contributed by atoms with Crippen molar-refractivity contribution in [3.63, 3.8) is 0 Å². The molecule has 0 aliphatic carbocycles. The molecule has 2 aromatic carbocycles. The Bertz CT molecular complexity index is 1760. The van der Waals surface area contributed by atoms with Gasteiger partial charge in [-0.15, -0.1) is 10.2 Å². The van der Waals surface area contributed by atoms with Crippen molar-refractivity contribution in [2.45, 2.75) is 18.7 Å². The molecule has 0 unspecified atom stereocenters. The Labute approximate surface area is 262 Å². The van der Waals surface area contributed by atoms with Crippen LogP contribution in [0.25, 0.3) is 22.4 Å². The number of aromatic nitrogens is 3. The number of carbonyl (C=O) groups is 1. The molecule has 13 nitrogen and oxygen atoms in total. The summed E-state index contributed by atoms with van der Waals surface area (Å²) in [6, 6.07) is 6.40. The summed E-state index contributed by atoms with van der Waals surface area (Å²) < 4.78 is 38.8. The van der Waals surface area contributed by atoms with E-state index >= 15 is 4.39 Å². The summed E-state index contributed by atoms with van der Waals surface area (Å²) in [6.45, 7) is 5.53. The van der Waals surface area contributed by atoms with Crippen LogP contribution in [-0.4, -0.2) is 92.1 Å². The number of hydrazone groups is 1. The van der Waals surface area contributed by atoms with Crippen LogP contribution in [0.3, 0.4) is 0 Å². The first-order valence-corrected chi connectivity index (χ1v) is 15.1. The van der Waals surface area contributed by atoms with E-state index in [-0.39, 0.29) is 27.8 Å². The second kappa shape index (κ2) is 14.0. The zero-order chi connectivity index (χ0) is 32.1. The molecule has 0 spiro atoms. The Morgan fingerprint density at radius 1 is 1.09 bits per heavy atom. The number of piperazine rings is 1. The summed E-state index contributed by atoms with van der Waals surface area (Å²) >= 11 is 0.987. The molecule has 1 N–H and O–H groups in total. The summed E-state index contributed by atoms with van der Waals surface area (Å²) in [5.41, 5.74) is 3.88. The first-order valence-electron chi connectivity index (χ1n) is 14.1. The molecule has 0 bridgehead atoms. The minimum atomic E-state index is -0.454. The smallest absolute Gasteiger partial charge is 0.277 e. The molecular weight excluding hydrogens is 605 g/mol. The highest BCUT2D eigenvalue weighted by Gasteiger charge is 2.22. The fourth-order valence-electron chi connectivity index (χ4n) is 4.99. The van der Waals surface area contributed by atoms with Gasteiger partial charge in [0.05, 0.1) is 44.5 Å². The number of nitrogens with one attached hydrogen (secondary N) is 1. The van der Waals surface area contributed by atoms with Gasteiger partial charge < -0.3 is 33.0 Å². The van der Waals surface area contributed by atoms with Crippen LogP contribution < -0.4 is 30.0 Å². The van der Waals surface area contributed by atoms with Gasteiger partial charge in [-0.05, 0) is 38.2 Å². The lowest BCUT2D eigenvalue weighted by atomic mass is 10.1. The van der Waals surface area contributed by atoms with Crippen LogP contribution in [0.2, 0.25) is 0 Å². The number of nitrogens with zero attached hydrogens (tertiary/aromatic N) is 6. The highest BCUT2D eigenvalue weighted by molar-refractivity contribution is 7.99. The lowest BCUT2D eigenvalue weighted by molar-refractivity contribution is -0.118. The number of rotatable bonds is 11. The summed E-state index contributed by atoms with van der Waals surface area (Å²) in [6.07, 6.45) is 3.08. The van der Waals surface area contributed by atoms with Crippen LogP contribution in [0.15, 0.2) is 50.0 Å². The number of thioether (sulfide) groups is 1. The highest BCUT2D eigenvalue weighted by Crippen LogP contribution is 2.37. The fourth-order valence-corrected chi connectivity index (χ4v) is 5.55. The van der Waals surface area contributed by atoms with Gasteiger partial charge in [-0.1, -0.05) is 11.8 Å². The average Bonchev–Trinajstić information content (AvgIpc) is 3.52. The summed E-state index contributed by atoms with van der Waals surface area (Å²) in [7, 11) is 6.55. The zero-order valence-corrected chi connectivity index (χ0v) is 26.4. The van der Waals surface area contributed by atoms with Crippen LogP contribution >= 0.6 is 11.8 Å². The van der Waals surface area contributed by atoms with Gasteiger partial charge in [-0.3, -0.25) is 9.59 Å². The first kappa shape index (κ1) is 31.8. The predicted octanol–water partition coefficient (Wildman–Crippen LogP) is 3.23. The maximum atomic E-state index is 15.3. The number of benzene rings is 2. The quantitative estimate of drug-likeness (QED) is 0.147. The third-order valence-electron chi connectivity index (χ3n) is 7.39. The summed E-state index contributed by atoms with van der Waals surface area (Å²) in [5, 5.41) is 12.3. The standard InChI is InChI=1S/C30H34FN7O6S/c1-6-37-16-20(27(40)19-13-21(31)23(14-22(19)37)38-9-7-36(2)8-10-38)29-34-35-30(44-29)45-17-26(39)33-32-15-18-11-24(41-3)28(43-5)25(12-18)42-4/h11-16H,6-10,17H2,1-5H3,(H,33,39)/b32-15+. The second-order valence-corrected chi connectivity index (χ2v) is 11.1. The van der Waals surface area contributed by atoms with E-state index in [0.29, 0.717) is 53.7 Å². The Hall–Kier alpha value is -4.63. The number of pyridine rings is 1. The van der Waals surface area contributed by atoms with Gasteiger partial charge in [0.25, 0.3) is 17.0 Å². The van der Waals surface area contributed by atoms with Crippen molar-refractivity contribution in [3.8, 4) is 28.7 Å². The topological polar surface area (TPSA) is 137 Å². The molecule has 45 heavy (non-hydrogen) atoms. The molecule has 1 aliphatic heterocycles. The number of hydrogen-bond donors (Lipinski definition) is 1. The van der Waals surface area contributed by atoms with Gasteiger partial charge in [0.1, 0.15) is 11.4 Å². The number of hydrogen-bond acceptors (Lipinski definition) is 12. The Morgan fingerprint density at radius 3 is 2.44 bits per heavy atom. The average molecular weight is 640 g/mol. The van der Waals surface area contributed by atoms with Crippen molar-refractivity contribution in [2.24, 2.45) is 5.10 Å². The van der Waals surface area contributed by atoms with Crippen molar-refractivity contribution in [1.29, 1.82) is 0 Å². The normalized spacial score (nSPS) is 13.9. The maximum absolute atomic E-state index is 15.3. The van der Waals surface area contributed by atoms with E-state index in [2.05, 4.69) is 25.6 Å². The van der Waals surface area contributed by atoms with Gasteiger partial charge in [-0.25, -0.2) is 9.82 Å². The molecule has 3 heterocycles. The minimum Gasteiger partial charge on any atom is -0.493 e. The third-order valence-corrected chi connectivity index (χ3v) is 8.21. The van der Waals surface area contributed by atoms with Crippen LogP contribution in [0.4, 0.5) is 10.1 Å². The molecule has 0 saturated carbocycles. The van der Waals surface area contributed by atoms with Crippen molar-refractivity contribution < 1.29 is 27.8 Å². The number of ether oxygens (including phenoxy) is 3.